The van der Waals surface area contributed by atoms with Crippen LogP contribution in [0.15, 0.2) is 36.9 Å². The zero-order valence-electron chi connectivity index (χ0n) is 12.5. The van der Waals surface area contributed by atoms with Crippen molar-refractivity contribution in [2.45, 2.75) is 31.3 Å². The molecule has 1 unspecified atom stereocenters. The van der Waals surface area contributed by atoms with Gasteiger partial charge in [-0.05, 0) is 32.0 Å². The Balaban J connectivity index is 1.66. The summed E-state index contributed by atoms with van der Waals surface area (Å²) in [5.74, 6) is 0. The summed E-state index contributed by atoms with van der Waals surface area (Å²) in [5, 5.41) is 0. The summed E-state index contributed by atoms with van der Waals surface area (Å²) < 4.78 is 2.30. The Morgan fingerprint density at radius 2 is 2.29 bits per heavy atom. The maximum Gasteiger partial charge on any atom is 0.0951 e. The van der Waals surface area contributed by atoms with Crippen molar-refractivity contribution in [1.29, 1.82) is 0 Å². The van der Waals surface area contributed by atoms with Crippen LogP contribution in [-0.4, -0.2) is 39.6 Å². The van der Waals surface area contributed by atoms with Crippen molar-refractivity contribution in [3.63, 3.8) is 0 Å². The number of hydrogen-bond acceptors (Lipinski definition) is 4. The number of nitrogens with zero attached hydrogens (tertiary/aromatic N) is 4. The summed E-state index contributed by atoms with van der Waals surface area (Å²) in [6.07, 6.45) is 9.22. The van der Waals surface area contributed by atoms with Crippen molar-refractivity contribution in [1.82, 2.24) is 19.4 Å². The number of likely N-dealkylation sites (N-methyl/N-ethyl adjacent to an activating group) is 1. The molecule has 1 fully saturated rings. The van der Waals surface area contributed by atoms with Crippen LogP contribution < -0.4 is 5.73 Å². The molecular weight excluding hydrogens is 262 g/mol. The summed E-state index contributed by atoms with van der Waals surface area (Å²) >= 11 is 0. The Kier molecular flexibility index (Phi) is 4.31. The molecule has 0 bridgehead atoms. The normalized spacial score (nSPS) is 16.3. The highest BCUT2D eigenvalue weighted by atomic mass is 15.2. The van der Waals surface area contributed by atoms with E-state index in [1.165, 1.54) is 18.5 Å². The lowest BCUT2D eigenvalue weighted by atomic mass is 10.1. The third-order valence-electron chi connectivity index (χ3n) is 4.18. The monoisotopic (exact) mass is 285 g/mol. The molecule has 112 valence electrons. The van der Waals surface area contributed by atoms with E-state index >= 15 is 0 Å². The van der Waals surface area contributed by atoms with Crippen molar-refractivity contribution in [2.24, 2.45) is 5.73 Å². The fraction of sp³-hybridized carbons (Fsp3) is 0.500. The molecule has 2 N–H and O–H groups in total. The van der Waals surface area contributed by atoms with Gasteiger partial charge in [-0.25, -0.2) is 4.98 Å². The average molecular weight is 285 g/mol. The van der Waals surface area contributed by atoms with Gasteiger partial charge in [0.2, 0.25) is 0 Å². The number of imidazole rings is 1. The third-order valence-corrected chi connectivity index (χ3v) is 4.18. The van der Waals surface area contributed by atoms with E-state index in [4.69, 9.17) is 5.73 Å². The van der Waals surface area contributed by atoms with Gasteiger partial charge in [-0.3, -0.25) is 9.88 Å². The van der Waals surface area contributed by atoms with E-state index in [2.05, 4.69) is 32.5 Å². The fourth-order valence-electron chi connectivity index (χ4n) is 2.75. The number of rotatable bonds is 7. The van der Waals surface area contributed by atoms with Gasteiger partial charge in [0.25, 0.3) is 0 Å². The predicted octanol–water partition coefficient (Wildman–Crippen LogP) is 1.79. The van der Waals surface area contributed by atoms with Crippen molar-refractivity contribution >= 4 is 0 Å². The lowest BCUT2D eigenvalue weighted by Crippen LogP contribution is -2.33. The van der Waals surface area contributed by atoms with E-state index in [0.29, 0.717) is 12.6 Å². The van der Waals surface area contributed by atoms with E-state index in [1.54, 1.807) is 0 Å². The van der Waals surface area contributed by atoms with Crippen LogP contribution in [0.4, 0.5) is 0 Å². The summed E-state index contributed by atoms with van der Waals surface area (Å²) in [6, 6.07) is 6.91. The molecular formula is C16H23N5. The molecule has 0 aliphatic heterocycles. The van der Waals surface area contributed by atoms with Crippen molar-refractivity contribution in [2.75, 3.05) is 20.1 Å². The first-order valence-corrected chi connectivity index (χ1v) is 7.61. The SMILES string of the molecule is CN(CCc1ccccn1)C(CN)c1cncn1C1CC1. The van der Waals surface area contributed by atoms with Gasteiger partial charge in [0.1, 0.15) is 0 Å². The molecule has 2 aromatic rings. The molecule has 2 heterocycles. The molecule has 1 aliphatic carbocycles. The first-order chi connectivity index (χ1) is 10.3. The van der Waals surface area contributed by atoms with Gasteiger partial charge in [-0.15, -0.1) is 0 Å². The largest absolute Gasteiger partial charge is 0.330 e. The summed E-state index contributed by atoms with van der Waals surface area (Å²) in [5.41, 5.74) is 8.39. The minimum absolute atomic E-state index is 0.219. The highest BCUT2D eigenvalue weighted by molar-refractivity contribution is 5.10. The molecule has 0 radical (unpaired) electrons. The Morgan fingerprint density at radius 3 is 2.95 bits per heavy atom. The lowest BCUT2D eigenvalue weighted by Gasteiger charge is -2.27. The van der Waals surface area contributed by atoms with Crippen molar-refractivity contribution in [3.05, 3.63) is 48.3 Å². The molecule has 0 aromatic carbocycles. The molecule has 1 saturated carbocycles. The molecule has 1 aliphatic rings. The summed E-state index contributed by atoms with van der Waals surface area (Å²) in [4.78, 5) is 11.0. The van der Waals surface area contributed by atoms with Gasteiger partial charge in [-0.2, -0.15) is 0 Å². The number of hydrogen-bond donors (Lipinski definition) is 1. The van der Waals surface area contributed by atoms with E-state index in [0.717, 1.165) is 18.7 Å². The third kappa shape index (κ3) is 3.31. The predicted molar refractivity (Wildman–Crippen MR) is 82.9 cm³/mol. The Bertz CT molecular complexity index is 561. The van der Waals surface area contributed by atoms with Crippen LogP contribution in [0, 0.1) is 0 Å². The van der Waals surface area contributed by atoms with Crippen molar-refractivity contribution in [3.8, 4) is 0 Å². The van der Waals surface area contributed by atoms with Crippen LogP contribution in [0.3, 0.4) is 0 Å². The minimum atomic E-state index is 0.219. The maximum absolute atomic E-state index is 6.02. The van der Waals surface area contributed by atoms with Gasteiger partial charge in [0.15, 0.2) is 0 Å². The van der Waals surface area contributed by atoms with Crippen LogP contribution in [0.5, 0.6) is 0 Å². The van der Waals surface area contributed by atoms with Crippen LogP contribution >= 0.6 is 0 Å². The van der Waals surface area contributed by atoms with E-state index in [-0.39, 0.29) is 6.04 Å². The van der Waals surface area contributed by atoms with Crippen LogP contribution in [-0.2, 0) is 6.42 Å². The Morgan fingerprint density at radius 1 is 1.43 bits per heavy atom. The first kappa shape index (κ1) is 14.2. The van der Waals surface area contributed by atoms with Gasteiger partial charge in [0, 0.05) is 43.6 Å². The number of nitrogens with two attached hydrogens (primary N) is 1. The molecule has 5 nitrogen and oxygen atoms in total. The molecule has 2 aromatic heterocycles. The quantitative estimate of drug-likeness (QED) is 0.842. The first-order valence-electron chi connectivity index (χ1n) is 7.61. The second-order valence-electron chi connectivity index (χ2n) is 5.76. The maximum atomic E-state index is 6.02. The van der Waals surface area contributed by atoms with Crippen molar-refractivity contribution < 1.29 is 0 Å². The number of pyridine rings is 1. The van der Waals surface area contributed by atoms with Gasteiger partial charge in [-0.1, -0.05) is 6.07 Å². The van der Waals surface area contributed by atoms with E-state index < -0.39 is 0 Å². The van der Waals surface area contributed by atoms with Crippen LogP contribution in [0.2, 0.25) is 0 Å². The zero-order valence-corrected chi connectivity index (χ0v) is 12.5. The molecule has 0 spiro atoms. The summed E-state index contributed by atoms with van der Waals surface area (Å²) in [6.45, 7) is 1.55. The topological polar surface area (TPSA) is 60.0 Å². The smallest absolute Gasteiger partial charge is 0.0951 e. The van der Waals surface area contributed by atoms with Crippen LogP contribution in [0.25, 0.3) is 0 Å². The van der Waals surface area contributed by atoms with Gasteiger partial charge in [0.05, 0.1) is 18.1 Å². The second kappa shape index (κ2) is 6.37. The molecule has 5 heteroatoms. The standard InChI is InChI=1S/C16H23N5/c1-20(9-7-13-4-2-3-8-19-13)15(10-17)16-11-18-12-21(16)14-5-6-14/h2-4,8,11-12,14-15H,5-7,9-10,17H2,1H3. The number of aromatic nitrogens is 3. The second-order valence-corrected chi connectivity index (χ2v) is 5.76. The van der Waals surface area contributed by atoms with Crippen LogP contribution in [0.1, 0.15) is 36.3 Å². The summed E-state index contributed by atoms with van der Waals surface area (Å²) in [7, 11) is 2.13. The molecule has 3 rings (SSSR count). The molecule has 0 saturated heterocycles. The Hall–Kier alpha value is -1.72. The zero-order chi connectivity index (χ0) is 14.7. The molecule has 0 amide bonds. The Labute approximate surface area is 125 Å². The minimum Gasteiger partial charge on any atom is -0.330 e. The fourth-order valence-corrected chi connectivity index (χ4v) is 2.75. The lowest BCUT2D eigenvalue weighted by molar-refractivity contribution is 0.242. The highest BCUT2D eigenvalue weighted by Crippen LogP contribution is 2.37. The van der Waals surface area contributed by atoms with E-state index in [9.17, 15) is 0 Å². The highest BCUT2D eigenvalue weighted by Gasteiger charge is 2.28. The average Bonchev–Trinajstić information content (AvgIpc) is 3.26. The van der Waals surface area contributed by atoms with E-state index in [1.807, 2.05) is 30.9 Å². The molecule has 21 heavy (non-hydrogen) atoms. The van der Waals surface area contributed by atoms with Gasteiger partial charge < -0.3 is 10.3 Å². The van der Waals surface area contributed by atoms with Gasteiger partial charge >= 0.3 is 0 Å². The molecule has 1 atom stereocenters.